The van der Waals surface area contributed by atoms with Crippen LogP contribution in [0.2, 0.25) is 0 Å². The maximum atomic E-state index is 12.9. The number of hydrogen-bond donors (Lipinski definition) is 2. The smallest absolute Gasteiger partial charge is 0.474 e. The van der Waals surface area contributed by atoms with Crippen molar-refractivity contribution < 1.29 is 73.9 Å². The Morgan fingerprint density at radius 1 is 0.606 bits per heavy atom. The lowest BCUT2D eigenvalue weighted by molar-refractivity contribution is -0.276. The molecule has 2 fully saturated rings. The number of hydrogen-bond acceptors (Lipinski definition) is 12. The van der Waals surface area contributed by atoms with Crippen molar-refractivity contribution in [2.24, 2.45) is 22.7 Å². The monoisotopic (exact) mass is 950 g/mol. The zero-order valence-electron chi connectivity index (χ0n) is 39.6. The van der Waals surface area contributed by atoms with E-state index < -0.39 is 46.3 Å². The highest BCUT2D eigenvalue weighted by molar-refractivity contribution is 5.83. The quantitative estimate of drug-likeness (QED) is 0.195. The molecule has 2 aromatic heterocycles. The minimum Gasteiger partial charge on any atom is -0.474 e. The molecule has 22 heteroatoms. The predicted octanol–water partition coefficient (Wildman–Crippen LogP) is 8.29. The van der Waals surface area contributed by atoms with Crippen LogP contribution in [0.1, 0.15) is 95.9 Å². The number of nitrogens with zero attached hydrogens (tertiary/aromatic N) is 4. The summed E-state index contributed by atoms with van der Waals surface area (Å²) < 4.78 is 105. The number of ether oxygens (including phenoxy) is 6. The molecule has 2 aliphatic heterocycles. The molecule has 16 nitrogen and oxygen atoms in total. The molecule has 0 spiro atoms. The van der Waals surface area contributed by atoms with Crippen molar-refractivity contribution in [2.75, 3.05) is 39.4 Å². The van der Waals surface area contributed by atoms with Crippen molar-refractivity contribution in [3.05, 3.63) is 36.7 Å². The van der Waals surface area contributed by atoms with Crippen LogP contribution in [0.4, 0.5) is 35.9 Å². The Balaban J connectivity index is 0.000000350. The molecule has 0 unspecified atom stereocenters. The van der Waals surface area contributed by atoms with Gasteiger partial charge in [-0.25, -0.2) is 19.6 Å². The van der Waals surface area contributed by atoms with Gasteiger partial charge in [0.15, 0.2) is 11.5 Å². The summed E-state index contributed by atoms with van der Waals surface area (Å²) in [5.41, 5.74) is -3.30. The first-order valence-corrected chi connectivity index (χ1v) is 21.4. The summed E-state index contributed by atoms with van der Waals surface area (Å²) in [6.45, 7) is 22.5. The van der Waals surface area contributed by atoms with E-state index in [1.165, 1.54) is 24.5 Å². The molecule has 66 heavy (non-hydrogen) atoms. The van der Waals surface area contributed by atoms with Gasteiger partial charge in [0.1, 0.15) is 24.4 Å². The lowest BCUT2D eigenvalue weighted by Gasteiger charge is -2.39. The Bertz CT molecular complexity index is 1820. The number of nitrogens with one attached hydrogen (secondary N) is 2. The van der Waals surface area contributed by atoms with Crippen molar-refractivity contribution >= 4 is 24.0 Å². The average Bonchev–Trinajstić information content (AvgIpc) is 3.16. The number of rotatable bonds is 12. The van der Waals surface area contributed by atoms with Gasteiger partial charge in [-0.3, -0.25) is 9.59 Å². The number of pyridine rings is 2. The molecule has 2 aromatic rings. The second-order valence-corrected chi connectivity index (χ2v) is 19.6. The summed E-state index contributed by atoms with van der Waals surface area (Å²) in [7, 11) is 0. The van der Waals surface area contributed by atoms with E-state index >= 15 is 0 Å². The summed E-state index contributed by atoms with van der Waals surface area (Å²) in [5.74, 6) is -2.54. The van der Waals surface area contributed by atoms with E-state index in [2.05, 4.69) is 30.1 Å². The zero-order chi connectivity index (χ0) is 50.1. The first-order valence-electron chi connectivity index (χ1n) is 21.4. The summed E-state index contributed by atoms with van der Waals surface area (Å²) in [6.07, 6.45) is -6.92. The largest absolute Gasteiger partial charge is 0.573 e. The second kappa shape index (κ2) is 21.9. The van der Waals surface area contributed by atoms with Crippen LogP contribution in [-0.2, 0) is 19.1 Å². The highest BCUT2D eigenvalue weighted by atomic mass is 19.4. The van der Waals surface area contributed by atoms with Gasteiger partial charge < -0.3 is 48.9 Å². The van der Waals surface area contributed by atoms with Crippen molar-refractivity contribution in [1.82, 2.24) is 30.4 Å². The number of carbonyl (C=O) groups is 4. The van der Waals surface area contributed by atoms with Crippen molar-refractivity contribution in [3.63, 3.8) is 0 Å². The maximum Gasteiger partial charge on any atom is 0.573 e. The van der Waals surface area contributed by atoms with Gasteiger partial charge in [-0.05, 0) is 118 Å². The summed E-state index contributed by atoms with van der Waals surface area (Å²) in [5, 5.41) is 5.95. The van der Waals surface area contributed by atoms with E-state index in [4.69, 9.17) is 18.9 Å². The summed E-state index contributed by atoms with van der Waals surface area (Å²) in [4.78, 5) is 61.2. The lowest BCUT2D eigenvalue weighted by Crippen LogP contribution is -2.54. The molecule has 4 atom stereocenters. The number of likely N-dealkylation sites (tertiary alicyclic amines) is 2. The molecular formula is C44H64F6N6O10. The van der Waals surface area contributed by atoms with Crippen molar-refractivity contribution in [3.8, 4) is 23.3 Å². The minimum absolute atomic E-state index is 0.0190. The number of carbonyl (C=O) groups excluding carboxylic acids is 4. The molecule has 0 saturated carbocycles. The Hall–Kier alpha value is -5.44. The fourth-order valence-corrected chi connectivity index (χ4v) is 6.43. The van der Waals surface area contributed by atoms with E-state index in [0.717, 1.165) is 12.1 Å². The van der Waals surface area contributed by atoms with E-state index in [9.17, 15) is 45.5 Å². The van der Waals surface area contributed by atoms with Gasteiger partial charge in [0.2, 0.25) is 11.8 Å². The van der Waals surface area contributed by atoms with Crippen LogP contribution < -0.4 is 29.6 Å². The Morgan fingerprint density at radius 3 is 1.23 bits per heavy atom. The molecule has 2 aliphatic rings. The molecule has 2 N–H and O–H groups in total. The molecule has 4 heterocycles. The van der Waals surface area contributed by atoms with Gasteiger partial charge in [-0.1, -0.05) is 13.8 Å². The van der Waals surface area contributed by atoms with Gasteiger partial charge in [-0.15, -0.1) is 26.3 Å². The maximum absolute atomic E-state index is 12.9. The predicted molar refractivity (Wildman–Crippen MR) is 227 cm³/mol. The fourth-order valence-electron chi connectivity index (χ4n) is 6.43. The zero-order valence-corrected chi connectivity index (χ0v) is 39.6. The molecule has 2 saturated heterocycles. The average molecular weight is 951 g/mol. The number of aromatic nitrogens is 2. The molecular weight excluding hydrogens is 887 g/mol. The molecule has 0 aromatic carbocycles. The molecule has 4 amide bonds. The van der Waals surface area contributed by atoms with E-state index in [1.54, 1.807) is 79.0 Å². The highest BCUT2D eigenvalue weighted by Gasteiger charge is 2.39. The van der Waals surface area contributed by atoms with Crippen molar-refractivity contribution in [1.29, 1.82) is 0 Å². The van der Waals surface area contributed by atoms with Crippen LogP contribution >= 0.6 is 0 Å². The number of amides is 4. The van der Waals surface area contributed by atoms with Gasteiger partial charge in [-0.2, -0.15) is 0 Å². The van der Waals surface area contributed by atoms with E-state index in [-0.39, 0.29) is 72.9 Å². The van der Waals surface area contributed by atoms with Gasteiger partial charge in [0.25, 0.3) is 11.8 Å². The van der Waals surface area contributed by atoms with Crippen LogP contribution in [0.5, 0.6) is 23.3 Å². The lowest BCUT2D eigenvalue weighted by atomic mass is 9.89. The topological polar surface area (TPSA) is 180 Å². The van der Waals surface area contributed by atoms with E-state index in [0.29, 0.717) is 39.0 Å². The summed E-state index contributed by atoms with van der Waals surface area (Å²) >= 11 is 0. The molecule has 0 bridgehead atoms. The third kappa shape index (κ3) is 18.4. The Labute approximate surface area is 381 Å². The molecule has 372 valence electrons. The molecule has 4 rings (SSSR count). The normalized spacial score (nSPS) is 19.6. The number of alkyl halides is 6. The van der Waals surface area contributed by atoms with Crippen molar-refractivity contribution in [2.45, 2.75) is 132 Å². The summed E-state index contributed by atoms with van der Waals surface area (Å²) in [6, 6.07) is 4.41. The van der Waals surface area contributed by atoms with Crippen LogP contribution in [0.3, 0.4) is 0 Å². The van der Waals surface area contributed by atoms with Crippen LogP contribution in [0.15, 0.2) is 36.7 Å². The third-order valence-electron chi connectivity index (χ3n) is 10.0. The Kier molecular flexibility index (Phi) is 18.2. The van der Waals surface area contributed by atoms with Crippen LogP contribution in [-0.4, -0.2) is 119 Å². The van der Waals surface area contributed by atoms with Gasteiger partial charge in [0, 0.05) is 50.7 Å². The molecule has 0 radical (unpaired) electrons. The number of piperidine rings is 2. The van der Waals surface area contributed by atoms with Gasteiger partial charge >= 0.3 is 24.9 Å². The standard InChI is InChI=1S/2C22H32F3N3O5/c2*1-14-12-28(19(30)33-20(2,3)4)11-9-15(14)27-18(29)21(5,6)13-31-17-16(8-7-10-26-17)32-22(23,24)25/h2*7-8,10,14-15H,9,11-13H2,1-6H3,(H,27,29)/t2*14-,15-/m10/s1. The van der Waals surface area contributed by atoms with Gasteiger partial charge in [0.05, 0.1) is 10.8 Å². The highest BCUT2D eigenvalue weighted by Crippen LogP contribution is 2.33. The fraction of sp³-hybridized carbons (Fsp3) is 0.682. The number of halogens is 6. The van der Waals surface area contributed by atoms with E-state index in [1.807, 2.05) is 13.8 Å². The SMILES string of the molecule is C[C@@H]1CN(C(=O)OC(C)(C)C)CC[C@H]1NC(=O)C(C)(C)COc1ncccc1OC(F)(F)F.C[C@H]1CN(C(=O)OC(C)(C)C)CC[C@@H]1NC(=O)C(C)(C)COc1ncccc1OC(F)(F)F. The first kappa shape index (κ1) is 54.9. The Morgan fingerprint density at radius 2 is 0.939 bits per heavy atom. The molecule has 0 aliphatic carbocycles. The third-order valence-corrected chi connectivity index (χ3v) is 10.0. The first-order chi connectivity index (χ1) is 30.1. The van der Waals surface area contributed by atoms with Crippen LogP contribution in [0, 0.1) is 22.7 Å². The second-order valence-electron chi connectivity index (χ2n) is 19.6. The minimum atomic E-state index is -4.89. The van der Waals surface area contributed by atoms with Crippen LogP contribution in [0.25, 0.3) is 0 Å².